The van der Waals surface area contributed by atoms with E-state index in [0.717, 1.165) is 24.6 Å². The lowest BCUT2D eigenvalue weighted by atomic mass is 10.0. The summed E-state index contributed by atoms with van der Waals surface area (Å²) in [5, 5.41) is 0. The van der Waals surface area contributed by atoms with Gasteiger partial charge in [-0.1, -0.05) is 13.0 Å². The third kappa shape index (κ3) is 4.00. The summed E-state index contributed by atoms with van der Waals surface area (Å²) >= 11 is 0.944. The Morgan fingerprint density at radius 3 is 2.38 bits per heavy atom. The molecule has 1 aromatic heterocycles. The fraction of sp³-hybridized carbons (Fsp3) is 0.333. The molecule has 3 aromatic rings. The number of nitrogens with zero attached hydrogens (tertiary/aromatic N) is 3. The largest absolute Gasteiger partial charge is 0.280 e. The summed E-state index contributed by atoms with van der Waals surface area (Å²) in [6.07, 6.45) is 1.68. The molecule has 2 aromatic carbocycles. The smallest absolute Gasteiger partial charge is 0.264 e. The highest BCUT2D eigenvalue weighted by molar-refractivity contribution is 7.93. The van der Waals surface area contributed by atoms with Crippen LogP contribution in [0.4, 0.5) is 5.69 Å². The molecule has 1 aliphatic rings. The van der Waals surface area contributed by atoms with E-state index in [1.165, 1.54) is 34.6 Å². The number of aromatic nitrogens is 2. The van der Waals surface area contributed by atoms with Gasteiger partial charge in [-0.15, -0.1) is 0 Å². The van der Waals surface area contributed by atoms with Gasteiger partial charge >= 0.3 is 0 Å². The Labute approximate surface area is 174 Å². The van der Waals surface area contributed by atoms with Crippen molar-refractivity contribution in [1.29, 1.82) is 0 Å². The number of sulfonamides is 2. The molecule has 0 radical (unpaired) electrons. The number of piperidine rings is 1. The molecule has 1 saturated heterocycles. The summed E-state index contributed by atoms with van der Waals surface area (Å²) in [7, 11) is -7.47. The molecule has 8 nitrogen and oxygen atoms in total. The number of hydrogen-bond donors (Lipinski definition) is 1. The minimum atomic E-state index is -3.89. The molecule has 11 heteroatoms. The van der Waals surface area contributed by atoms with E-state index >= 15 is 0 Å². The molecule has 0 unspecified atom stereocenters. The Kier molecular flexibility index (Phi) is 5.32. The molecule has 0 amide bonds. The summed E-state index contributed by atoms with van der Waals surface area (Å²) in [4.78, 5) is 0.184. The van der Waals surface area contributed by atoms with Gasteiger partial charge in [0, 0.05) is 18.8 Å². The number of hydrogen-bond acceptors (Lipinski definition) is 7. The fourth-order valence-electron chi connectivity index (χ4n) is 3.28. The number of anilines is 1. The molecular formula is C18H20N4O4S3. The lowest BCUT2D eigenvalue weighted by Crippen LogP contribution is -2.37. The first-order valence-electron chi connectivity index (χ1n) is 9.12. The summed E-state index contributed by atoms with van der Waals surface area (Å²) < 4.78 is 63.2. The van der Waals surface area contributed by atoms with E-state index in [9.17, 15) is 16.8 Å². The molecule has 0 spiro atoms. The average molecular weight is 453 g/mol. The SMILES string of the molecule is CC1CCN(S(=O)(=O)c2ccc(NS(=O)(=O)c3cccc4nsnc34)cc2)CC1. The quantitative estimate of drug-likeness (QED) is 0.637. The van der Waals surface area contributed by atoms with E-state index in [2.05, 4.69) is 20.4 Å². The van der Waals surface area contributed by atoms with Gasteiger partial charge in [0.05, 0.1) is 16.6 Å². The first-order chi connectivity index (χ1) is 13.8. The zero-order chi connectivity index (χ0) is 20.6. The van der Waals surface area contributed by atoms with Crippen molar-refractivity contribution >= 4 is 48.5 Å². The minimum Gasteiger partial charge on any atom is -0.280 e. The lowest BCUT2D eigenvalue weighted by Gasteiger charge is -2.29. The van der Waals surface area contributed by atoms with Gasteiger partial charge in [0.1, 0.15) is 15.9 Å². The van der Waals surface area contributed by atoms with Gasteiger partial charge in [-0.25, -0.2) is 16.8 Å². The van der Waals surface area contributed by atoms with Gasteiger partial charge in [0.25, 0.3) is 10.0 Å². The van der Waals surface area contributed by atoms with Crippen LogP contribution in [0.15, 0.2) is 52.3 Å². The molecule has 2 heterocycles. The zero-order valence-electron chi connectivity index (χ0n) is 15.6. The Bertz CT molecular complexity index is 1230. The van der Waals surface area contributed by atoms with Gasteiger partial charge in [0.15, 0.2) is 0 Å². The van der Waals surface area contributed by atoms with Crippen LogP contribution in [0.2, 0.25) is 0 Å². The maximum atomic E-state index is 12.8. The van der Waals surface area contributed by atoms with Crippen LogP contribution in [0.1, 0.15) is 19.8 Å². The van der Waals surface area contributed by atoms with Crippen LogP contribution >= 0.6 is 11.7 Å². The van der Waals surface area contributed by atoms with E-state index in [1.54, 1.807) is 12.1 Å². The van der Waals surface area contributed by atoms with Gasteiger partial charge in [-0.05, 0) is 55.2 Å². The topological polar surface area (TPSA) is 109 Å². The maximum absolute atomic E-state index is 12.8. The third-order valence-electron chi connectivity index (χ3n) is 5.03. The second kappa shape index (κ2) is 7.63. The Morgan fingerprint density at radius 1 is 1.00 bits per heavy atom. The molecule has 1 aliphatic heterocycles. The summed E-state index contributed by atoms with van der Waals surface area (Å²) in [6, 6.07) is 10.5. The predicted molar refractivity (Wildman–Crippen MR) is 112 cm³/mol. The average Bonchev–Trinajstić information content (AvgIpc) is 3.17. The monoisotopic (exact) mass is 452 g/mol. The first-order valence-corrected chi connectivity index (χ1v) is 12.8. The molecule has 29 heavy (non-hydrogen) atoms. The molecular weight excluding hydrogens is 432 g/mol. The molecule has 0 aliphatic carbocycles. The van der Waals surface area contributed by atoms with Crippen molar-refractivity contribution in [3.05, 3.63) is 42.5 Å². The number of nitrogens with one attached hydrogen (secondary N) is 1. The standard InChI is InChI=1S/C18H20N4O4S3/c1-13-9-11-22(12-10-13)29(25,26)15-7-5-14(6-8-15)21-28(23,24)17-4-2-3-16-18(17)20-27-19-16/h2-8,13,21H,9-12H2,1H3. The van der Waals surface area contributed by atoms with Crippen molar-refractivity contribution in [2.75, 3.05) is 17.8 Å². The maximum Gasteiger partial charge on any atom is 0.264 e. The van der Waals surface area contributed by atoms with Gasteiger partial charge in [-0.2, -0.15) is 13.1 Å². The van der Waals surface area contributed by atoms with Gasteiger partial charge < -0.3 is 0 Å². The Morgan fingerprint density at radius 2 is 1.69 bits per heavy atom. The van der Waals surface area contributed by atoms with Crippen LogP contribution in [-0.4, -0.2) is 43.0 Å². The van der Waals surface area contributed by atoms with E-state index < -0.39 is 20.0 Å². The Hall–Kier alpha value is -2.08. The van der Waals surface area contributed by atoms with Crippen molar-refractivity contribution in [3.8, 4) is 0 Å². The minimum absolute atomic E-state index is 0.0304. The fourth-order valence-corrected chi connectivity index (χ4v) is 6.57. The normalized spacial score (nSPS) is 16.9. The zero-order valence-corrected chi connectivity index (χ0v) is 18.1. The number of benzene rings is 2. The van der Waals surface area contributed by atoms with E-state index in [4.69, 9.17) is 0 Å². The van der Waals surface area contributed by atoms with Gasteiger partial charge in [-0.3, -0.25) is 4.72 Å². The van der Waals surface area contributed by atoms with E-state index in [1.807, 2.05) is 0 Å². The Balaban J connectivity index is 1.56. The van der Waals surface area contributed by atoms with Crippen LogP contribution in [0, 0.1) is 5.92 Å². The van der Waals surface area contributed by atoms with Gasteiger partial charge in [0.2, 0.25) is 10.0 Å². The van der Waals surface area contributed by atoms with Crippen LogP contribution in [-0.2, 0) is 20.0 Å². The van der Waals surface area contributed by atoms with Crippen LogP contribution in [0.5, 0.6) is 0 Å². The molecule has 0 atom stereocenters. The molecule has 1 fully saturated rings. The predicted octanol–water partition coefficient (Wildman–Crippen LogP) is 2.91. The van der Waals surface area contributed by atoms with Crippen molar-refractivity contribution in [2.24, 2.45) is 5.92 Å². The number of rotatable bonds is 5. The van der Waals surface area contributed by atoms with Crippen molar-refractivity contribution in [2.45, 2.75) is 29.6 Å². The summed E-state index contributed by atoms with van der Waals surface area (Å²) in [5.74, 6) is 0.524. The second-order valence-corrected chi connectivity index (χ2v) is 11.2. The van der Waals surface area contributed by atoms with E-state index in [-0.39, 0.29) is 15.5 Å². The first kappa shape index (κ1) is 20.2. The molecule has 154 valence electrons. The third-order valence-corrected chi connectivity index (χ3v) is 8.89. The molecule has 0 saturated carbocycles. The lowest BCUT2D eigenvalue weighted by molar-refractivity contribution is 0.288. The molecule has 4 rings (SSSR count). The molecule has 0 bridgehead atoms. The molecule has 1 N–H and O–H groups in total. The highest BCUT2D eigenvalue weighted by atomic mass is 32.2. The van der Waals surface area contributed by atoms with Crippen molar-refractivity contribution in [1.82, 2.24) is 13.1 Å². The van der Waals surface area contributed by atoms with Crippen LogP contribution in [0.25, 0.3) is 11.0 Å². The van der Waals surface area contributed by atoms with E-state index in [0.29, 0.717) is 30.0 Å². The summed E-state index contributed by atoms with van der Waals surface area (Å²) in [6.45, 7) is 3.13. The second-order valence-electron chi connectivity index (χ2n) is 7.10. The summed E-state index contributed by atoms with van der Waals surface area (Å²) in [5.41, 5.74) is 1.09. The number of fused-ring (bicyclic) bond motifs is 1. The van der Waals surface area contributed by atoms with Crippen molar-refractivity contribution in [3.63, 3.8) is 0 Å². The van der Waals surface area contributed by atoms with Crippen LogP contribution < -0.4 is 4.72 Å². The highest BCUT2D eigenvalue weighted by Crippen LogP contribution is 2.26. The van der Waals surface area contributed by atoms with Crippen LogP contribution in [0.3, 0.4) is 0 Å². The highest BCUT2D eigenvalue weighted by Gasteiger charge is 2.28. The van der Waals surface area contributed by atoms with Crippen molar-refractivity contribution < 1.29 is 16.8 Å².